The van der Waals surface area contributed by atoms with Crippen molar-refractivity contribution in [1.82, 2.24) is 15.1 Å². The van der Waals surface area contributed by atoms with Crippen molar-refractivity contribution in [1.29, 1.82) is 0 Å². The van der Waals surface area contributed by atoms with Crippen LogP contribution >= 0.6 is 11.6 Å². The maximum Gasteiger partial charge on any atom is 0.0671 e. The van der Waals surface area contributed by atoms with E-state index in [1.807, 2.05) is 37.0 Å². The van der Waals surface area contributed by atoms with Crippen LogP contribution in [0.2, 0.25) is 5.02 Å². The molecule has 1 heterocycles. The largest absolute Gasteiger partial charge is 0.313 e. The Bertz CT molecular complexity index is 546. The summed E-state index contributed by atoms with van der Waals surface area (Å²) in [5, 5.41) is 8.48. The molecular weight excluding hydrogens is 246 g/mol. The summed E-state index contributed by atoms with van der Waals surface area (Å²) in [6, 6.07) is 6.13. The summed E-state index contributed by atoms with van der Waals surface area (Å²) in [4.78, 5) is 0. The standard InChI is InChI=1S/C14H18ClN3/c1-4-16-8-12-7-11(5-6-14(12)15)13-9-18(3)17-10(13)2/h5-7,9,16H,4,8H2,1-3H3. The Morgan fingerprint density at radius 2 is 2.17 bits per heavy atom. The molecule has 0 atom stereocenters. The quantitative estimate of drug-likeness (QED) is 0.918. The van der Waals surface area contributed by atoms with Crippen LogP contribution in [0.1, 0.15) is 18.2 Å². The minimum atomic E-state index is 0.794. The SMILES string of the molecule is CCNCc1cc(-c2cn(C)nc2C)ccc1Cl. The lowest BCUT2D eigenvalue weighted by atomic mass is 10.0. The van der Waals surface area contributed by atoms with Gasteiger partial charge in [0.2, 0.25) is 0 Å². The van der Waals surface area contributed by atoms with Gasteiger partial charge in [0.1, 0.15) is 0 Å². The van der Waals surface area contributed by atoms with Crippen molar-refractivity contribution in [3.8, 4) is 11.1 Å². The highest BCUT2D eigenvalue weighted by Gasteiger charge is 2.08. The molecule has 0 aliphatic rings. The second-order valence-corrected chi connectivity index (χ2v) is 4.80. The molecule has 4 heteroatoms. The Balaban J connectivity index is 2.37. The van der Waals surface area contributed by atoms with Crippen molar-refractivity contribution >= 4 is 11.6 Å². The number of nitrogens with one attached hydrogen (secondary N) is 1. The topological polar surface area (TPSA) is 29.9 Å². The van der Waals surface area contributed by atoms with Crippen molar-refractivity contribution in [3.63, 3.8) is 0 Å². The van der Waals surface area contributed by atoms with Crippen LogP contribution in [0.4, 0.5) is 0 Å². The van der Waals surface area contributed by atoms with Gasteiger partial charge in [-0.3, -0.25) is 4.68 Å². The maximum absolute atomic E-state index is 6.20. The minimum Gasteiger partial charge on any atom is -0.313 e. The van der Waals surface area contributed by atoms with Crippen LogP contribution < -0.4 is 5.32 Å². The van der Waals surface area contributed by atoms with E-state index in [1.165, 1.54) is 0 Å². The molecule has 0 radical (unpaired) electrons. The number of aryl methyl sites for hydroxylation is 2. The fraction of sp³-hybridized carbons (Fsp3) is 0.357. The minimum absolute atomic E-state index is 0.794. The molecule has 3 nitrogen and oxygen atoms in total. The predicted molar refractivity (Wildman–Crippen MR) is 75.8 cm³/mol. The number of hydrogen-bond donors (Lipinski definition) is 1. The zero-order valence-corrected chi connectivity index (χ0v) is 11.8. The Hall–Kier alpha value is -1.32. The molecule has 1 N–H and O–H groups in total. The predicted octanol–water partition coefficient (Wildman–Crippen LogP) is 3.16. The maximum atomic E-state index is 6.20. The molecule has 1 aromatic heterocycles. The summed E-state index contributed by atoms with van der Waals surface area (Å²) < 4.78 is 1.84. The van der Waals surface area contributed by atoms with E-state index in [4.69, 9.17) is 11.6 Å². The fourth-order valence-corrected chi connectivity index (χ4v) is 2.20. The molecule has 0 unspecified atom stereocenters. The van der Waals surface area contributed by atoms with Gasteiger partial charge in [0, 0.05) is 30.4 Å². The van der Waals surface area contributed by atoms with Crippen LogP contribution in [-0.2, 0) is 13.6 Å². The summed E-state index contributed by atoms with van der Waals surface area (Å²) in [6.45, 7) is 5.84. The summed E-state index contributed by atoms with van der Waals surface area (Å²) in [6.07, 6.45) is 2.04. The number of benzene rings is 1. The molecule has 1 aromatic carbocycles. The van der Waals surface area contributed by atoms with E-state index < -0.39 is 0 Å². The molecule has 0 amide bonds. The average molecular weight is 264 g/mol. The molecule has 18 heavy (non-hydrogen) atoms. The Morgan fingerprint density at radius 3 is 2.78 bits per heavy atom. The smallest absolute Gasteiger partial charge is 0.0671 e. The molecule has 2 rings (SSSR count). The van der Waals surface area contributed by atoms with Crippen LogP contribution in [0.15, 0.2) is 24.4 Å². The molecule has 96 valence electrons. The molecule has 0 spiro atoms. The third kappa shape index (κ3) is 2.74. The van der Waals surface area contributed by atoms with Gasteiger partial charge in [0.05, 0.1) is 5.69 Å². The average Bonchev–Trinajstić information content (AvgIpc) is 2.67. The Labute approximate surface area is 113 Å². The van der Waals surface area contributed by atoms with E-state index in [-0.39, 0.29) is 0 Å². The highest BCUT2D eigenvalue weighted by molar-refractivity contribution is 6.31. The van der Waals surface area contributed by atoms with Crippen molar-refractivity contribution in [3.05, 3.63) is 40.7 Å². The first-order valence-electron chi connectivity index (χ1n) is 6.11. The van der Waals surface area contributed by atoms with E-state index in [2.05, 4.69) is 23.4 Å². The van der Waals surface area contributed by atoms with Crippen LogP contribution in [0, 0.1) is 6.92 Å². The highest BCUT2D eigenvalue weighted by Crippen LogP contribution is 2.27. The number of halogens is 1. The van der Waals surface area contributed by atoms with Gasteiger partial charge in [-0.15, -0.1) is 0 Å². The number of rotatable bonds is 4. The van der Waals surface area contributed by atoms with Gasteiger partial charge < -0.3 is 5.32 Å². The van der Waals surface area contributed by atoms with Crippen LogP contribution in [0.5, 0.6) is 0 Å². The second-order valence-electron chi connectivity index (χ2n) is 4.39. The van der Waals surface area contributed by atoms with Crippen molar-refractivity contribution in [2.45, 2.75) is 20.4 Å². The normalized spacial score (nSPS) is 10.9. The second kappa shape index (κ2) is 5.55. The molecule has 2 aromatic rings. The van der Waals surface area contributed by atoms with E-state index in [0.29, 0.717) is 0 Å². The zero-order chi connectivity index (χ0) is 13.1. The van der Waals surface area contributed by atoms with E-state index >= 15 is 0 Å². The van der Waals surface area contributed by atoms with Crippen LogP contribution in [0.3, 0.4) is 0 Å². The van der Waals surface area contributed by atoms with Gasteiger partial charge in [0.15, 0.2) is 0 Å². The third-order valence-electron chi connectivity index (χ3n) is 2.94. The first-order valence-corrected chi connectivity index (χ1v) is 6.49. The Morgan fingerprint density at radius 1 is 1.39 bits per heavy atom. The molecule has 0 saturated heterocycles. The third-order valence-corrected chi connectivity index (χ3v) is 3.30. The summed E-state index contributed by atoms with van der Waals surface area (Å²) in [5.41, 5.74) is 4.48. The lowest BCUT2D eigenvalue weighted by Gasteiger charge is -2.07. The lowest BCUT2D eigenvalue weighted by molar-refractivity contribution is 0.727. The van der Waals surface area contributed by atoms with Gasteiger partial charge in [-0.1, -0.05) is 24.6 Å². The fourth-order valence-electron chi connectivity index (χ4n) is 2.02. The molecule has 0 saturated carbocycles. The summed E-state index contributed by atoms with van der Waals surface area (Å²) in [7, 11) is 1.94. The Kier molecular flexibility index (Phi) is 4.04. The van der Waals surface area contributed by atoms with E-state index in [1.54, 1.807) is 0 Å². The van der Waals surface area contributed by atoms with Crippen LogP contribution in [0.25, 0.3) is 11.1 Å². The molecule has 0 bridgehead atoms. The number of nitrogens with zero attached hydrogens (tertiary/aromatic N) is 2. The molecule has 0 aliphatic heterocycles. The monoisotopic (exact) mass is 263 g/mol. The van der Waals surface area contributed by atoms with Crippen molar-refractivity contribution in [2.24, 2.45) is 7.05 Å². The van der Waals surface area contributed by atoms with Gasteiger partial charge in [0.25, 0.3) is 0 Å². The lowest BCUT2D eigenvalue weighted by Crippen LogP contribution is -2.12. The molecule has 0 aliphatic carbocycles. The van der Waals surface area contributed by atoms with Gasteiger partial charge >= 0.3 is 0 Å². The summed E-state index contributed by atoms with van der Waals surface area (Å²) in [5.74, 6) is 0. The van der Waals surface area contributed by atoms with Gasteiger partial charge in [-0.05, 0) is 36.7 Å². The summed E-state index contributed by atoms with van der Waals surface area (Å²) >= 11 is 6.20. The molecular formula is C14H18ClN3. The van der Waals surface area contributed by atoms with Gasteiger partial charge in [-0.2, -0.15) is 5.10 Å². The molecule has 0 fully saturated rings. The van der Waals surface area contributed by atoms with Crippen molar-refractivity contribution in [2.75, 3.05) is 6.54 Å². The van der Waals surface area contributed by atoms with E-state index in [0.717, 1.165) is 40.5 Å². The van der Waals surface area contributed by atoms with Crippen molar-refractivity contribution < 1.29 is 0 Å². The highest BCUT2D eigenvalue weighted by atomic mass is 35.5. The number of hydrogen-bond acceptors (Lipinski definition) is 2. The number of aromatic nitrogens is 2. The van der Waals surface area contributed by atoms with E-state index in [9.17, 15) is 0 Å². The first kappa shape index (κ1) is 13.1. The van der Waals surface area contributed by atoms with Crippen LogP contribution in [-0.4, -0.2) is 16.3 Å². The zero-order valence-electron chi connectivity index (χ0n) is 11.0. The first-order chi connectivity index (χ1) is 8.61. The van der Waals surface area contributed by atoms with Gasteiger partial charge in [-0.25, -0.2) is 0 Å².